The molecule has 0 aliphatic heterocycles. The minimum absolute atomic E-state index is 0.175. The standard InChI is InChI=1S/C11H14Br2N2O/c1-3-7(2)14-11(16)15-10-5-4-8(12)6-9(10)13/h4-7H,3H2,1-2H3,(H2,14,15,16)/t7-/m1/s1. The molecule has 3 nitrogen and oxygen atoms in total. The molecule has 88 valence electrons. The fourth-order valence-electron chi connectivity index (χ4n) is 1.08. The van der Waals surface area contributed by atoms with Gasteiger partial charge >= 0.3 is 6.03 Å². The second-order valence-corrected chi connectivity index (χ2v) is 5.30. The highest BCUT2D eigenvalue weighted by atomic mass is 79.9. The highest BCUT2D eigenvalue weighted by Gasteiger charge is 2.07. The summed E-state index contributed by atoms with van der Waals surface area (Å²) < 4.78 is 1.81. The van der Waals surface area contributed by atoms with Crippen LogP contribution in [0.2, 0.25) is 0 Å². The van der Waals surface area contributed by atoms with Crippen molar-refractivity contribution in [2.75, 3.05) is 5.32 Å². The Bertz CT molecular complexity index is 382. The number of nitrogens with one attached hydrogen (secondary N) is 2. The van der Waals surface area contributed by atoms with Crippen LogP contribution in [0.1, 0.15) is 20.3 Å². The smallest absolute Gasteiger partial charge is 0.319 e. The molecular weight excluding hydrogens is 336 g/mol. The van der Waals surface area contributed by atoms with Gasteiger partial charge in [-0.3, -0.25) is 0 Å². The molecule has 5 heteroatoms. The van der Waals surface area contributed by atoms with Gasteiger partial charge in [-0.2, -0.15) is 0 Å². The van der Waals surface area contributed by atoms with Crippen LogP contribution in [0.4, 0.5) is 10.5 Å². The Morgan fingerprint density at radius 1 is 1.44 bits per heavy atom. The Hall–Kier alpha value is -0.550. The number of hydrogen-bond acceptors (Lipinski definition) is 1. The van der Waals surface area contributed by atoms with Crippen LogP contribution in [-0.4, -0.2) is 12.1 Å². The Kier molecular flexibility index (Phi) is 5.28. The van der Waals surface area contributed by atoms with Crippen molar-refractivity contribution in [3.8, 4) is 0 Å². The summed E-state index contributed by atoms with van der Waals surface area (Å²) in [4.78, 5) is 11.6. The molecule has 0 heterocycles. The van der Waals surface area contributed by atoms with Crippen LogP contribution in [0, 0.1) is 0 Å². The summed E-state index contributed by atoms with van der Waals surface area (Å²) in [6.45, 7) is 4.00. The van der Waals surface area contributed by atoms with Gasteiger partial charge in [0.25, 0.3) is 0 Å². The third-order valence-electron chi connectivity index (χ3n) is 2.17. The molecule has 0 bridgehead atoms. The first-order valence-electron chi connectivity index (χ1n) is 5.05. The molecule has 0 saturated heterocycles. The van der Waals surface area contributed by atoms with Crippen LogP contribution >= 0.6 is 31.9 Å². The van der Waals surface area contributed by atoms with Gasteiger partial charge in [0, 0.05) is 15.0 Å². The van der Waals surface area contributed by atoms with Crippen molar-refractivity contribution < 1.29 is 4.79 Å². The van der Waals surface area contributed by atoms with E-state index >= 15 is 0 Å². The number of benzene rings is 1. The minimum atomic E-state index is -0.183. The fraction of sp³-hybridized carbons (Fsp3) is 0.364. The highest BCUT2D eigenvalue weighted by Crippen LogP contribution is 2.25. The van der Waals surface area contributed by atoms with E-state index in [0.717, 1.165) is 21.1 Å². The number of rotatable bonds is 3. The van der Waals surface area contributed by atoms with E-state index in [0.29, 0.717) is 0 Å². The van der Waals surface area contributed by atoms with Crippen molar-refractivity contribution in [3.63, 3.8) is 0 Å². The number of carbonyl (C=O) groups is 1. The van der Waals surface area contributed by atoms with Crippen LogP contribution in [-0.2, 0) is 0 Å². The molecule has 0 aliphatic rings. The van der Waals surface area contributed by atoms with E-state index in [1.54, 1.807) is 0 Å². The van der Waals surface area contributed by atoms with Gasteiger partial charge in [-0.25, -0.2) is 4.79 Å². The van der Waals surface area contributed by atoms with Gasteiger partial charge in [0.1, 0.15) is 0 Å². The molecular formula is C11H14Br2N2O. The Morgan fingerprint density at radius 2 is 2.12 bits per heavy atom. The zero-order valence-electron chi connectivity index (χ0n) is 9.18. The lowest BCUT2D eigenvalue weighted by Gasteiger charge is -2.13. The van der Waals surface area contributed by atoms with E-state index in [9.17, 15) is 4.79 Å². The predicted octanol–water partition coefficient (Wildman–Crippen LogP) is 4.13. The predicted molar refractivity (Wildman–Crippen MR) is 73.7 cm³/mol. The highest BCUT2D eigenvalue weighted by molar-refractivity contribution is 9.11. The summed E-state index contributed by atoms with van der Waals surface area (Å²) in [6.07, 6.45) is 0.912. The van der Waals surface area contributed by atoms with Gasteiger partial charge in [-0.15, -0.1) is 0 Å². The molecule has 0 aromatic heterocycles. The first kappa shape index (κ1) is 13.5. The normalized spacial score (nSPS) is 12.0. The third kappa shape index (κ3) is 4.14. The topological polar surface area (TPSA) is 41.1 Å². The summed E-state index contributed by atoms with van der Waals surface area (Å²) in [5.41, 5.74) is 0.754. The van der Waals surface area contributed by atoms with E-state index in [2.05, 4.69) is 42.5 Å². The number of halogens is 2. The molecule has 0 radical (unpaired) electrons. The Morgan fingerprint density at radius 3 is 2.69 bits per heavy atom. The first-order chi connectivity index (χ1) is 7.52. The van der Waals surface area contributed by atoms with Crippen molar-refractivity contribution >= 4 is 43.6 Å². The molecule has 0 aliphatic carbocycles. The van der Waals surface area contributed by atoms with Gasteiger partial charge in [0.2, 0.25) is 0 Å². The van der Waals surface area contributed by atoms with E-state index in [1.807, 2.05) is 32.0 Å². The van der Waals surface area contributed by atoms with E-state index in [-0.39, 0.29) is 12.1 Å². The van der Waals surface area contributed by atoms with Crippen LogP contribution in [0.15, 0.2) is 27.1 Å². The molecule has 1 atom stereocenters. The van der Waals surface area contributed by atoms with Crippen LogP contribution < -0.4 is 10.6 Å². The molecule has 0 unspecified atom stereocenters. The summed E-state index contributed by atoms with van der Waals surface area (Å²) in [5, 5.41) is 5.62. The van der Waals surface area contributed by atoms with Gasteiger partial charge < -0.3 is 10.6 Å². The fourth-order valence-corrected chi connectivity index (χ4v) is 2.22. The van der Waals surface area contributed by atoms with Crippen molar-refractivity contribution in [2.24, 2.45) is 0 Å². The van der Waals surface area contributed by atoms with E-state index in [1.165, 1.54) is 0 Å². The molecule has 0 spiro atoms. The van der Waals surface area contributed by atoms with Gasteiger partial charge in [-0.05, 0) is 47.5 Å². The number of amides is 2. The van der Waals surface area contributed by atoms with E-state index < -0.39 is 0 Å². The second kappa shape index (κ2) is 6.25. The maximum absolute atomic E-state index is 11.6. The van der Waals surface area contributed by atoms with Crippen molar-refractivity contribution in [2.45, 2.75) is 26.3 Å². The molecule has 1 rings (SSSR count). The first-order valence-corrected chi connectivity index (χ1v) is 6.64. The van der Waals surface area contributed by atoms with Gasteiger partial charge in [-0.1, -0.05) is 22.9 Å². The lowest BCUT2D eigenvalue weighted by atomic mass is 10.3. The van der Waals surface area contributed by atoms with Crippen LogP contribution in [0.25, 0.3) is 0 Å². The van der Waals surface area contributed by atoms with Crippen molar-refractivity contribution in [1.29, 1.82) is 0 Å². The zero-order valence-corrected chi connectivity index (χ0v) is 12.4. The molecule has 0 saturated carbocycles. The quantitative estimate of drug-likeness (QED) is 0.846. The SMILES string of the molecule is CC[C@@H](C)NC(=O)Nc1ccc(Br)cc1Br. The maximum Gasteiger partial charge on any atom is 0.319 e. The molecule has 2 N–H and O–H groups in total. The molecule has 1 aromatic rings. The number of carbonyl (C=O) groups excluding carboxylic acids is 1. The van der Waals surface area contributed by atoms with Crippen LogP contribution in [0.5, 0.6) is 0 Å². The average Bonchev–Trinajstić information content (AvgIpc) is 2.22. The third-order valence-corrected chi connectivity index (χ3v) is 3.32. The maximum atomic E-state index is 11.6. The second-order valence-electron chi connectivity index (χ2n) is 3.53. The summed E-state index contributed by atoms with van der Waals surface area (Å²) in [5.74, 6) is 0. The summed E-state index contributed by atoms with van der Waals surface area (Å²) in [7, 11) is 0. The largest absolute Gasteiger partial charge is 0.335 e. The van der Waals surface area contributed by atoms with Gasteiger partial charge in [0.05, 0.1) is 5.69 Å². The Labute approximate surface area is 112 Å². The minimum Gasteiger partial charge on any atom is -0.335 e. The number of urea groups is 1. The zero-order chi connectivity index (χ0) is 12.1. The molecule has 1 aromatic carbocycles. The van der Waals surface area contributed by atoms with Crippen molar-refractivity contribution in [3.05, 3.63) is 27.1 Å². The summed E-state index contributed by atoms with van der Waals surface area (Å²) >= 11 is 6.74. The van der Waals surface area contributed by atoms with E-state index in [4.69, 9.17) is 0 Å². The Balaban J connectivity index is 2.63. The number of anilines is 1. The lowest BCUT2D eigenvalue weighted by molar-refractivity contribution is 0.249. The molecule has 2 amide bonds. The summed E-state index contributed by atoms with van der Waals surface area (Å²) in [6, 6.07) is 5.60. The van der Waals surface area contributed by atoms with Crippen LogP contribution in [0.3, 0.4) is 0 Å². The average molecular weight is 350 g/mol. The molecule has 0 fully saturated rings. The lowest BCUT2D eigenvalue weighted by Crippen LogP contribution is -2.35. The monoisotopic (exact) mass is 348 g/mol. The molecule has 16 heavy (non-hydrogen) atoms. The number of hydrogen-bond donors (Lipinski definition) is 2. The van der Waals surface area contributed by atoms with Gasteiger partial charge in [0.15, 0.2) is 0 Å². The van der Waals surface area contributed by atoms with Crippen molar-refractivity contribution in [1.82, 2.24) is 5.32 Å².